The van der Waals surface area contributed by atoms with E-state index in [1.54, 1.807) is 0 Å². The molecular formula is C14H7N3O8. The molecule has 11 heteroatoms. The van der Waals surface area contributed by atoms with Crippen LogP contribution in [0.1, 0.15) is 20.7 Å². The van der Waals surface area contributed by atoms with Gasteiger partial charge in [-0.15, -0.1) is 0 Å². The van der Waals surface area contributed by atoms with Crippen LogP contribution in [0.2, 0.25) is 0 Å². The molecule has 2 aromatic carbocycles. The Kier molecular flexibility index (Phi) is 3.41. The number of carboxylic acid groups (broad SMARTS) is 1. The van der Waals surface area contributed by atoms with E-state index < -0.39 is 45.5 Å². The van der Waals surface area contributed by atoms with E-state index in [9.17, 15) is 34.6 Å². The Labute approximate surface area is 137 Å². The Morgan fingerprint density at radius 3 is 1.76 bits per heavy atom. The Balaban J connectivity index is 2.39. The molecule has 0 unspecified atom stereocenters. The Morgan fingerprint density at radius 2 is 1.40 bits per heavy atom. The topological polar surface area (TPSA) is 161 Å². The monoisotopic (exact) mass is 345 g/mol. The molecule has 1 heterocycles. The average Bonchev–Trinajstić information content (AvgIpc) is 2.54. The fraction of sp³-hybridized carbons (Fsp3) is 0.0714. The molecule has 0 saturated carbocycles. The summed E-state index contributed by atoms with van der Waals surface area (Å²) in [6, 6.07) is 3.87. The molecule has 3 rings (SSSR count). The van der Waals surface area contributed by atoms with Gasteiger partial charge in [-0.3, -0.25) is 39.5 Å². The van der Waals surface area contributed by atoms with Crippen molar-refractivity contribution in [3.05, 3.63) is 55.6 Å². The summed E-state index contributed by atoms with van der Waals surface area (Å²) in [6.07, 6.45) is 0. The third-order valence-electron chi connectivity index (χ3n) is 3.68. The number of carbonyl (C=O) groups is 3. The first-order chi connectivity index (χ1) is 11.7. The minimum atomic E-state index is -1.47. The molecule has 11 nitrogen and oxygen atoms in total. The van der Waals surface area contributed by atoms with Crippen molar-refractivity contribution in [1.82, 2.24) is 4.90 Å². The van der Waals surface area contributed by atoms with Crippen LogP contribution in [-0.2, 0) is 4.79 Å². The minimum absolute atomic E-state index is 0.0211. The molecule has 1 N–H and O–H groups in total. The lowest BCUT2D eigenvalue weighted by atomic mass is 9.92. The molecule has 1 aliphatic rings. The van der Waals surface area contributed by atoms with Crippen molar-refractivity contribution >= 4 is 39.9 Å². The van der Waals surface area contributed by atoms with Gasteiger partial charge in [0.05, 0.1) is 21.0 Å². The average molecular weight is 345 g/mol. The fourth-order valence-electron chi connectivity index (χ4n) is 2.69. The summed E-state index contributed by atoms with van der Waals surface area (Å²) >= 11 is 0. The lowest BCUT2D eigenvalue weighted by molar-refractivity contribution is -0.385. The first-order valence-corrected chi connectivity index (χ1v) is 6.69. The van der Waals surface area contributed by atoms with Crippen LogP contribution in [0.5, 0.6) is 0 Å². The van der Waals surface area contributed by atoms with Crippen LogP contribution in [0.25, 0.3) is 10.8 Å². The largest absolute Gasteiger partial charge is 0.480 e. The number of carbonyl (C=O) groups excluding carboxylic acids is 2. The standard InChI is InChI=1S/C14H7N3O8/c18-11(19)5-15-13(20)9-3-7(16(22)23)1-6-2-8(17(24)25)4-10(12(6)9)14(15)21/h1-4H,5H2,(H,18,19). The van der Waals surface area contributed by atoms with Crippen molar-refractivity contribution < 1.29 is 29.3 Å². The second-order valence-corrected chi connectivity index (χ2v) is 5.19. The molecule has 25 heavy (non-hydrogen) atoms. The number of benzene rings is 2. The van der Waals surface area contributed by atoms with Gasteiger partial charge in [-0.25, -0.2) is 0 Å². The highest BCUT2D eigenvalue weighted by atomic mass is 16.6. The molecule has 0 atom stereocenters. The first-order valence-electron chi connectivity index (χ1n) is 6.69. The summed E-state index contributed by atoms with van der Waals surface area (Å²) in [7, 11) is 0. The van der Waals surface area contributed by atoms with E-state index in [2.05, 4.69) is 0 Å². The molecule has 0 fully saturated rings. The maximum Gasteiger partial charge on any atom is 0.323 e. The van der Waals surface area contributed by atoms with E-state index in [1.165, 1.54) is 0 Å². The number of nitro benzene ring substituents is 2. The summed E-state index contributed by atoms with van der Waals surface area (Å²) in [5, 5.41) is 31.0. The third-order valence-corrected chi connectivity index (χ3v) is 3.68. The second-order valence-electron chi connectivity index (χ2n) is 5.19. The highest BCUT2D eigenvalue weighted by Gasteiger charge is 2.36. The van der Waals surface area contributed by atoms with Crippen molar-refractivity contribution in [2.45, 2.75) is 0 Å². The molecule has 0 aromatic heterocycles. The molecule has 126 valence electrons. The SMILES string of the molecule is O=C(O)CN1C(=O)c2cc([N+](=O)[O-])cc3cc([N+](=O)[O-])cc(c23)C1=O. The van der Waals surface area contributed by atoms with Crippen molar-refractivity contribution in [2.75, 3.05) is 6.54 Å². The van der Waals surface area contributed by atoms with E-state index in [1.807, 2.05) is 0 Å². The normalized spacial score (nSPS) is 13.2. The highest BCUT2D eigenvalue weighted by molar-refractivity contribution is 6.26. The smallest absolute Gasteiger partial charge is 0.323 e. The van der Waals surface area contributed by atoms with E-state index in [0.717, 1.165) is 24.3 Å². The Hall–Kier alpha value is -3.89. The maximum atomic E-state index is 12.4. The van der Waals surface area contributed by atoms with Crippen molar-refractivity contribution in [1.29, 1.82) is 0 Å². The quantitative estimate of drug-likeness (QED) is 0.493. The summed E-state index contributed by atoms with van der Waals surface area (Å²) in [6.45, 7) is -0.968. The summed E-state index contributed by atoms with van der Waals surface area (Å²) in [5.74, 6) is -3.50. The lowest BCUT2D eigenvalue weighted by Crippen LogP contribution is -2.43. The van der Waals surface area contributed by atoms with Gasteiger partial charge in [0.1, 0.15) is 6.54 Å². The number of aliphatic carboxylic acids is 1. The maximum absolute atomic E-state index is 12.4. The van der Waals surface area contributed by atoms with E-state index in [4.69, 9.17) is 5.11 Å². The van der Waals surface area contributed by atoms with Crippen LogP contribution in [0.15, 0.2) is 24.3 Å². The van der Waals surface area contributed by atoms with Crippen LogP contribution in [0, 0.1) is 20.2 Å². The van der Waals surface area contributed by atoms with Crippen molar-refractivity contribution in [2.24, 2.45) is 0 Å². The highest BCUT2D eigenvalue weighted by Crippen LogP contribution is 2.36. The zero-order valence-corrected chi connectivity index (χ0v) is 12.2. The van der Waals surface area contributed by atoms with Gasteiger partial charge in [-0.05, 0) is 5.39 Å². The molecular weight excluding hydrogens is 338 g/mol. The van der Waals surface area contributed by atoms with Gasteiger partial charge in [0.25, 0.3) is 23.2 Å². The predicted molar refractivity (Wildman–Crippen MR) is 80.3 cm³/mol. The summed E-state index contributed by atoms with van der Waals surface area (Å²) < 4.78 is 0. The summed E-state index contributed by atoms with van der Waals surface area (Å²) in [4.78, 5) is 56.7. The number of carboxylic acids is 1. The lowest BCUT2D eigenvalue weighted by Gasteiger charge is -2.25. The number of hydrogen-bond donors (Lipinski definition) is 1. The van der Waals surface area contributed by atoms with Crippen molar-refractivity contribution in [3.8, 4) is 0 Å². The van der Waals surface area contributed by atoms with Crippen molar-refractivity contribution in [3.63, 3.8) is 0 Å². The van der Waals surface area contributed by atoms with Gasteiger partial charge >= 0.3 is 5.97 Å². The number of nitrogens with zero attached hydrogens (tertiary/aromatic N) is 3. The van der Waals surface area contributed by atoms with E-state index in [-0.39, 0.29) is 21.9 Å². The Bertz CT molecular complexity index is 944. The predicted octanol–water partition coefficient (Wildman–Crippen LogP) is 1.34. The van der Waals surface area contributed by atoms with Crippen LogP contribution in [-0.4, -0.2) is 44.2 Å². The number of amides is 2. The van der Waals surface area contributed by atoms with Gasteiger partial charge in [0, 0.05) is 29.7 Å². The second kappa shape index (κ2) is 5.33. The summed E-state index contributed by atoms with van der Waals surface area (Å²) in [5.41, 5.74) is -1.52. The van der Waals surface area contributed by atoms with Crippen LogP contribution < -0.4 is 0 Å². The zero-order valence-electron chi connectivity index (χ0n) is 12.2. The van der Waals surface area contributed by atoms with Gasteiger partial charge in [-0.1, -0.05) is 0 Å². The number of non-ortho nitro benzene ring substituents is 2. The van der Waals surface area contributed by atoms with Gasteiger partial charge in [-0.2, -0.15) is 0 Å². The molecule has 0 bridgehead atoms. The third kappa shape index (κ3) is 2.43. The molecule has 2 amide bonds. The molecule has 2 aromatic rings. The number of hydrogen-bond acceptors (Lipinski definition) is 7. The number of rotatable bonds is 4. The fourth-order valence-corrected chi connectivity index (χ4v) is 2.69. The molecule has 0 spiro atoms. The molecule has 1 aliphatic heterocycles. The Morgan fingerprint density at radius 1 is 0.960 bits per heavy atom. The number of nitro groups is 2. The first kappa shape index (κ1) is 16.0. The van der Waals surface area contributed by atoms with Gasteiger partial charge in [0.2, 0.25) is 0 Å². The van der Waals surface area contributed by atoms with Crippen LogP contribution in [0.4, 0.5) is 11.4 Å². The molecule has 0 radical (unpaired) electrons. The van der Waals surface area contributed by atoms with Gasteiger partial charge in [0.15, 0.2) is 0 Å². The van der Waals surface area contributed by atoms with Crippen LogP contribution >= 0.6 is 0 Å². The van der Waals surface area contributed by atoms with E-state index in [0.29, 0.717) is 4.90 Å². The minimum Gasteiger partial charge on any atom is -0.480 e. The van der Waals surface area contributed by atoms with Crippen LogP contribution in [0.3, 0.4) is 0 Å². The molecule has 0 aliphatic carbocycles. The van der Waals surface area contributed by atoms with E-state index >= 15 is 0 Å². The zero-order chi connectivity index (χ0) is 18.5. The number of imide groups is 1. The molecule has 0 saturated heterocycles. The van der Waals surface area contributed by atoms with Gasteiger partial charge < -0.3 is 5.11 Å².